The minimum atomic E-state index is -3.85. The van der Waals surface area contributed by atoms with E-state index in [0.717, 1.165) is 17.0 Å². The summed E-state index contributed by atoms with van der Waals surface area (Å²) in [5, 5.41) is 0. The average molecular weight is 391 g/mol. The molecule has 0 bridgehead atoms. The second-order valence-electron chi connectivity index (χ2n) is 4.14. The average Bonchev–Trinajstić information content (AvgIpc) is 2.43. The number of benzene rings is 2. The Labute approximate surface area is 135 Å². The first-order chi connectivity index (χ1) is 9.83. The molecule has 0 aliphatic heterocycles. The van der Waals surface area contributed by atoms with Crippen LogP contribution in [0.2, 0.25) is 0 Å². The summed E-state index contributed by atoms with van der Waals surface area (Å²) in [6.07, 6.45) is 1.93. The first-order valence-corrected chi connectivity index (χ1v) is 9.25. The lowest BCUT2D eigenvalue weighted by atomic mass is 10.3. The van der Waals surface area contributed by atoms with Crippen molar-refractivity contribution >= 4 is 49.1 Å². The van der Waals surface area contributed by atoms with Crippen LogP contribution < -0.4 is 10.5 Å². The van der Waals surface area contributed by atoms with E-state index in [4.69, 9.17) is 5.73 Å². The SMILES string of the molecule is CSc1ccc(NS(=O)(=O)c2cc(N)c(F)cc2Br)cc1. The van der Waals surface area contributed by atoms with E-state index in [9.17, 15) is 12.8 Å². The molecule has 0 aliphatic rings. The van der Waals surface area contributed by atoms with Gasteiger partial charge in [-0.15, -0.1) is 11.8 Å². The monoisotopic (exact) mass is 390 g/mol. The summed E-state index contributed by atoms with van der Waals surface area (Å²) in [5.41, 5.74) is 5.62. The van der Waals surface area contributed by atoms with Crippen molar-refractivity contribution in [2.24, 2.45) is 0 Å². The van der Waals surface area contributed by atoms with Crippen LogP contribution in [0, 0.1) is 5.82 Å². The molecule has 4 nitrogen and oxygen atoms in total. The Balaban J connectivity index is 2.35. The Morgan fingerprint density at radius 1 is 1.24 bits per heavy atom. The highest BCUT2D eigenvalue weighted by molar-refractivity contribution is 9.10. The molecule has 21 heavy (non-hydrogen) atoms. The van der Waals surface area contributed by atoms with Crippen LogP contribution in [0.25, 0.3) is 0 Å². The molecule has 0 atom stereocenters. The molecule has 2 rings (SSSR count). The molecule has 0 heterocycles. The van der Waals surface area contributed by atoms with Gasteiger partial charge in [-0.1, -0.05) is 0 Å². The minimum absolute atomic E-state index is 0.113. The number of anilines is 2. The highest BCUT2D eigenvalue weighted by Crippen LogP contribution is 2.28. The van der Waals surface area contributed by atoms with Gasteiger partial charge in [0, 0.05) is 15.1 Å². The first-order valence-electron chi connectivity index (χ1n) is 5.75. The molecule has 2 aromatic carbocycles. The van der Waals surface area contributed by atoms with Crippen molar-refractivity contribution in [3.05, 3.63) is 46.7 Å². The van der Waals surface area contributed by atoms with Crippen molar-refractivity contribution in [3.8, 4) is 0 Å². The summed E-state index contributed by atoms with van der Waals surface area (Å²) in [6.45, 7) is 0. The summed E-state index contributed by atoms with van der Waals surface area (Å²) in [7, 11) is -3.85. The molecule has 0 fully saturated rings. The van der Waals surface area contributed by atoms with Gasteiger partial charge < -0.3 is 5.73 Å². The maximum Gasteiger partial charge on any atom is 0.263 e. The van der Waals surface area contributed by atoms with E-state index >= 15 is 0 Å². The van der Waals surface area contributed by atoms with Crippen molar-refractivity contribution in [2.45, 2.75) is 9.79 Å². The number of halogens is 2. The van der Waals surface area contributed by atoms with Gasteiger partial charge in [0.15, 0.2) is 0 Å². The van der Waals surface area contributed by atoms with Crippen LogP contribution in [0.3, 0.4) is 0 Å². The van der Waals surface area contributed by atoms with E-state index in [1.807, 2.05) is 6.26 Å². The van der Waals surface area contributed by atoms with Crippen LogP contribution in [0.15, 0.2) is 50.7 Å². The number of nitrogen functional groups attached to an aromatic ring is 1. The lowest BCUT2D eigenvalue weighted by Gasteiger charge is -2.11. The molecule has 0 unspecified atom stereocenters. The summed E-state index contributed by atoms with van der Waals surface area (Å²) in [6, 6.07) is 9.03. The normalized spacial score (nSPS) is 11.4. The Kier molecular flexibility index (Phi) is 4.80. The standard InChI is InChI=1S/C13H12BrFN2O2S2/c1-20-9-4-2-8(3-5-9)17-21(18,19)13-7-12(16)11(15)6-10(13)14/h2-7,17H,16H2,1H3. The van der Waals surface area contributed by atoms with Gasteiger partial charge in [-0.2, -0.15) is 0 Å². The fourth-order valence-electron chi connectivity index (χ4n) is 1.62. The number of thioether (sulfide) groups is 1. The van der Waals surface area contributed by atoms with Crippen molar-refractivity contribution in [1.29, 1.82) is 0 Å². The van der Waals surface area contributed by atoms with Crippen molar-refractivity contribution in [3.63, 3.8) is 0 Å². The first kappa shape index (κ1) is 16.1. The maximum atomic E-state index is 13.3. The number of nitrogens with two attached hydrogens (primary N) is 1. The van der Waals surface area contributed by atoms with E-state index in [0.29, 0.717) is 5.69 Å². The summed E-state index contributed by atoms with van der Waals surface area (Å²) in [4.78, 5) is 0.903. The van der Waals surface area contributed by atoms with Gasteiger partial charge >= 0.3 is 0 Å². The highest BCUT2D eigenvalue weighted by Gasteiger charge is 2.20. The number of nitrogens with one attached hydrogen (secondary N) is 1. The zero-order valence-corrected chi connectivity index (χ0v) is 14.1. The Hall–Kier alpha value is -1.25. The molecular weight excluding hydrogens is 379 g/mol. The highest BCUT2D eigenvalue weighted by atomic mass is 79.9. The van der Waals surface area contributed by atoms with E-state index in [-0.39, 0.29) is 15.1 Å². The van der Waals surface area contributed by atoms with Gasteiger partial charge in [-0.3, -0.25) is 4.72 Å². The second kappa shape index (κ2) is 6.25. The zero-order valence-electron chi connectivity index (χ0n) is 10.9. The Morgan fingerprint density at radius 2 is 1.86 bits per heavy atom. The molecule has 0 radical (unpaired) electrons. The maximum absolute atomic E-state index is 13.3. The van der Waals surface area contributed by atoms with Gasteiger partial charge in [0.05, 0.1) is 5.69 Å². The number of hydrogen-bond donors (Lipinski definition) is 2. The number of rotatable bonds is 4. The van der Waals surface area contributed by atoms with Gasteiger partial charge in [0.1, 0.15) is 10.7 Å². The van der Waals surface area contributed by atoms with Crippen molar-refractivity contribution in [1.82, 2.24) is 0 Å². The Bertz CT molecular complexity index is 764. The largest absolute Gasteiger partial charge is 0.396 e. The van der Waals surface area contributed by atoms with E-state index in [2.05, 4.69) is 20.7 Å². The molecule has 0 amide bonds. The minimum Gasteiger partial charge on any atom is -0.396 e. The van der Waals surface area contributed by atoms with E-state index in [1.54, 1.807) is 36.0 Å². The molecule has 8 heteroatoms. The fourth-order valence-corrected chi connectivity index (χ4v) is 4.14. The number of hydrogen-bond acceptors (Lipinski definition) is 4. The molecule has 0 aromatic heterocycles. The van der Waals surface area contributed by atoms with Gasteiger partial charge in [0.25, 0.3) is 10.0 Å². The summed E-state index contributed by atoms with van der Waals surface area (Å²) >= 11 is 4.59. The fraction of sp³-hybridized carbons (Fsp3) is 0.0769. The topological polar surface area (TPSA) is 72.2 Å². The zero-order chi connectivity index (χ0) is 15.6. The van der Waals surface area contributed by atoms with Crippen LogP contribution in [0.4, 0.5) is 15.8 Å². The van der Waals surface area contributed by atoms with E-state index < -0.39 is 15.8 Å². The van der Waals surface area contributed by atoms with Gasteiger partial charge in [-0.05, 0) is 58.6 Å². The van der Waals surface area contributed by atoms with Crippen LogP contribution >= 0.6 is 27.7 Å². The summed E-state index contributed by atoms with van der Waals surface area (Å²) in [5.74, 6) is -0.676. The quantitative estimate of drug-likeness (QED) is 0.616. The lowest BCUT2D eigenvalue weighted by molar-refractivity contribution is 0.599. The Morgan fingerprint density at radius 3 is 2.43 bits per heavy atom. The van der Waals surface area contributed by atoms with Crippen LogP contribution in [-0.4, -0.2) is 14.7 Å². The second-order valence-corrected chi connectivity index (χ2v) is 7.52. The number of sulfonamides is 1. The van der Waals surface area contributed by atoms with Gasteiger partial charge in [-0.25, -0.2) is 12.8 Å². The molecule has 0 spiro atoms. The molecular formula is C13H12BrFN2O2S2. The third kappa shape index (κ3) is 3.69. The summed E-state index contributed by atoms with van der Waals surface area (Å²) < 4.78 is 40.5. The molecule has 0 saturated carbocycles. The molecule has 0 aliphatic carbocycles. The molecule has 2 aromatic rings. The third-order valence-corrected chi connectivity index (χ3v) is 5.77. The molecule has 3 N–H and O–H groups in total. The smallest absolute Gasteiger partial charge is 0.263 e. The predicted octanol–water partition coefficient (Wildman–Crippen LogP) is 3.69. The van der Waals surface area contributed by atoms with Crippen molar-refractivity contribution < 1.29 is 12.8 Å². The van der Waals surface area contributed by atoms with Crippen LogP contribution in [0.5, 0.6) is 0 Å². The van der Waals surface area contributed by atoms with Crippen LogP contribution in [0.1, 0.15) is 0 Å². The van der Waals surface area contributed by atoms with E-state index in [1.165, 1.54) is 0 Å². The molecule has 0 saturated heterocycles. The molecule has 112 valence electrons. The lowest BCUT2D eigenvalue weighted by Crippen LogP contribution is -2.14. The van der Waals surface area contributed by atoms with Crippen molar-refractivity contribution in [2.75, 3.05) is 16.7 Å². The van der Waals surface area contributed by atoms with Gasteiger partial charge in [0.2, 0.25) is 0 Å². The predicted molar refractivity (Wildman–Crippen MR) is 87.5 cm³/mol. The van der Waals surface area contributed by atoms with Crippen LogP contribution in [-0.2, 0) is 10.0 Å². The third-order valence-electron chi connectivity index (χ3n) is 2.68.